The molecule has 5 atom stereocenters. The summed E-state index contributed by atoms with van der Waals surface area (Å²) in [7, 11) is 1.70. The molecule has 3 heterocycles. The molecule has 28 heavy (non-hydrogen) atoms. The third-order valence-electron chi connectivity index (χ3n) is 8.75. The average molecular weight is 381 g/mol. The molecule has 0 bridgehead atoms. The Morgan fingerprint density at radius 3 is 2.86 bits per heavy atom. The Balaban J connectivity index is 1.49. The summed E-state index contributed by atoms with van der Waals surface area (Å²) in [5, 5.41) is 0. The maximum atomic E-state index is 12.9. The van der Waals surface area contributed by atoms with E-state index >= 15 is 0 Å². The van der Waals surface area contributed by atoms with Crippen LogP contribution in [0.5, 0.6) is 5.75 Å². The second-order valence-electron chi connectivity index (χ2n) is 9.84. The SMILES string of the molecule is COc1cncc(C2=CC[C@H]3[C@@H]4CCC(=O)N5CCC[C@]5(C)C4CC[C@]23C)c1. The monoisotopic (exact) mass is 380 g/mol. The largest absolute Gasteiger partial charge is 0.495 e. The van der Waals surface area contributed by atoms with E-state index in [0.29, 0.717) is 23.7 Å². The van der Waals surface area contributed by atoms with Crippen molar-refractivity contribution in [3.05, 3.63) is 30.1 Å². The molecular weight excluding hydrogens is 348 g/mol. The van der Waals surface area contributed by atoms with Crippen molar-refractivity contribution in [2.45, 2.75) is 64.3 Å². The molecule has 0 radical (unpaired) electrons. The lowest BCUT2D eigenvalue weighted by molar-refractivity contribution is -0.135. The second kappa shape index (κ2) is 6.33. The van der Waals surface area contributed by atoms with Crippen LogP contribution in [0.25, 0.3) is 5.57 Å². The number of amides is 1. The maximum Gasteiger partial charge on any atom is 0.223 e. The van der Waals surface area contributed by atoms with Gasteiger partial charge in [-0.15, -0.1) is 0 Å². The summed E-state index contributed by atoms with van der Waals surface area (Å²) in [5.74, 6) is 3.16. The van der Waals surface area contributed by atoms with Crippen molar-refractivity contribution in [3.8, 4) is 5.75 Å². The van der Waals surface area contributed by atoms with Gasteiger partial charge in [-0.1, -0.05) is 13.0 Å². The minimum atomic E-state index is 0.0832. The first-order chi connectivity index (χ1) is 13.5. The number of allylic oxidation sites excluding steroid dienone is 2. The van der Waals surface area contributed by atoms with Gasteiger partial charge < -0.3 is 9.64 Å². The second-order valence-corrected chi connectivity index (χ2v) is 9.84. The third-order valence-corrected chi connectivity index (χ3v) is 8.75. The van der Waals surface area contributed by atoms with Crippen LogP contribution < -0.4 is 4.74 Å². The Bertz CT molecular complexity index is 834. The van der Waals surface area contributed by atoms with Crippen LogP contribution in [0.3, 0.4) is 0 Å². The molecule has 1 aromatic rings. The van der Waals surface area contributed by atoms with E-state index < -0.39 is 0 Å². The number of methoxy groups -OCH3 is 1. The van der Waals surface area contributed by atoms with Gasteiger partial charge in [-0.3, -0.25) is 9.78 Å². The van der Waals surface area contributed by atoms with Crippen LogP contribution in [0.1, 0.15) is 64.4 Å². The molecule has 150 valence electrons. The van der Waals surface area contributed by atoms with E-state index in [0.717, 1.165) is 31.6 Å². The van der Waals surface area contributed by atoms with E-state index in [4.69, 9.17) is 4.74 Å². The van der Waals surface area contributed by atoms with Crippen LogP contribution in [0.4, 0.5) is 0 Å². The highest BCUT2D eigenvalue weighted by atomic mass is 16.5. The first-order valence-electron chi connectivity index (χ1n) is 11.0. The molecule has 0 N–H and O–H groups in total. The van der Waals surface area contributed by atoms with Gasteiger partial charge >= 0.3 is 0 Å². The molecule has 4 nitrogen and oxygen atoms in total. The number of pyridine rings is 1. The molecule has 1 saturated carbocycles. The smallest absolute Gasteiger partial charge is 0.223 e. The van der Waals surface area contributed by atoms with Crippen molar-refractivity contribution >= 4 is 11.5 Å². The summed E-state index contributed by atoms with van der Waals surface area (Å²) in [5.41, 5.74) is 2.93. The summed E-state index contributed by atoms with van der Waals surface area (Å²) < 4.78 is 5.43. The van der Waals surface area contributed by atoms with Gasteiger partial charge in [-0.25, -0.2) is 0 Å². The standard InChI is InChI=1S/C24H32N2O2/c1-23-11-9-21-18(5-8-22(27)26-12-4-10-24(21,26)2)20(23)7-6-19(23)16-13-17(28-3)15-25-14-16/h6,13-15,18,20-21H,4-5,7-12H2,1-3H3/t18-,20-,21?,23+,24+/m0/s1. The molecule has 2 saturated heterocycles. The van der Waals surface area contributed by atoms with Gasteiger partial charge in [-0.05, 0) is 85.8 Å². The lowest BCUT2D eigenvalue weighted by Crippen LogP contribution is -2.53. The molecule has 0 spiro atoms. The summed E-state index contributed by atoms with van der Waals surface area (Å²) in [4.78, 5) is 19.5. The molecular formula is C24H32N2O2. The van der Waals surface area contributed by atoms with Crippen LogP contribution in [0.15, 0.2) is 24.5 Å². The number of carbonyl (C=O) groups excluding carboxylic acids is 1. The predicted octanol–water partition coefficient (Wildman–Crippen LogP) is 4.70. The Morgan fingerprint density at radius 1 is 1.18 bits per heavy atom. The van der Waals surface area contributed by atoms with Gasteiger partial charge in [0.2, 0.25) is 5.91 Å². The highest BCUT2D eigenvalue weighted by Gasteiger charge is 2.58. The number of ether oxygens (including phenoxy) is 1. The quantitative estimate of drug-likeness (QED) is 0.747. The van der Waals surface area contributed by atoms with Crippen LogP contribution in [0.2, 0.25) is 0 Å². The number of nitrogens with zero attached hydrogens (tertiary/aromatic N) is 2. The molecule has 1 amide bonds. The number of carbonyl (C=O) groups is 1. The van der Waals surface area contributed by atoms with E-state index in [1.165, 1.54) is 36.8 Å². The average Bonchev–Trinajstić information content (AvgIpc) is 3.23. The van der Waals surface area contributed by atoms with Crippen LogP contribution in [0, 0.1) is 23.2 Å². The highest BCUT2D eigenvalue weighted by Crippen LogP contribution is 2.63. The Kier molecular flexibility index (Phi) is 4.12. The number of fused-ring (bicyclic) bond motifs is 5. The molecule has 3 fully saturated rings. The fourth-order valence-electron chi connectivity index (χ4n) is 7.36. The Hall–Kier alpha value is -1.84. The molecule has 1 unspecified atom stereocenters. The van der Waals surface area contributed by atoms with Crippen LogP contribution >= 0.6 is 0 Å². The summed E-state index contributed by atoms with van der Waals surface area (Å²) in [6, 6.07) is 2.13. The van der Waals surface area contributed by atoms with Gasteiger partial charge in [0.1, 0.15) is 5.75 Å². The predicted molar refractivity (Wildman–Crippen MR) is 110 cm³/mol. The maximum absolute atomic E-state index is 12.9. The topological polar surface area (TPSA) is 42.4 Å². The third kappa shape index (κ3) is 2.42. The van der Waals surface area contributed by atoms with Crippen molar-refractivity contribution in [3.63, 3.8) is 0 Å². The molecule has 2 aliphatic heterocycles. The van der Waals surface area contributed by atoms with Crippen molar-refractivity contribution in [2.24, 2.45) is 23.2 Å². The summed E-state index contributed by atoms with van der Waals surface area (Å²) >= 11 is 0. The zero-order valence-corrected chi connectivity index (χ0v) is 17.4. The van der Waals surface area contributed by atoms with Gasteiger partial charge in [0.05, 0.1) is 13.3 Å². The van der Waals surface area contributed by atoms with E-state index in [2.05, 4.69) is 35.9 Å². The normalized spacial score (nSPS) is 39.7. The van der Waals surface area contributed by atoms with E-state index in [1.807, 2.05) is 6.20 Å². The van der Waals surface area contributed by atoms with Gasteiger partial charge in [0.15, 0.2) is 0 Å². The number of aromatic nitrogens is 1. The van der Waals surface area contributed by atoms with Crippen LogP contribution in [-0.4, -0.2) is 35.0 Å². The van der Waals surface area contributed by atoms with Gasteiger partial charge in [0, 0.05) is 24.7 Å². The molecule has 1 aromatic heterocycles. The van der Waals surface area contributed by atoms with E-state index in [9.17, 15) is 4.79 Å². The number of rotatable bonds is 2. The zero-order valence-electron chi connectivity index (χ0n) is 17.4. The summed E-state index contributed by atoms with van der Waals surface area (Å²) in [6.07, 6.45) is 14.0. The zero-order chi connectivity index (χ0) is 19.5. The number of hydrogen-bond acceptors (Lipinski definition) is 3. The molecule has 4 aliphatic rings. The lowest BCUT2D eigenvalue weighted by Gasteiger charge is -2.53. The highest BCUT2D eigenvalue weighted by molar-refractivity contribution is 5.78. The van der Waals surface area contributed by atoms with Crippen LogP contribution in [-0.2, 0) is 4.79 Å². The van der Waals surface area contributed by atoms with Gasteiger partial charge in [0.25, 0.3) is 0 Å². The van der Waals surface area contributed by atoms with E-state index in [-0.39, 0.29) is 11.0 Å². The molecule has 0 aromatic carbocycles. The lowest BCUT2D eigenvalue weighted by atomic mass is 9.54. The Labute approximate surface area is 168 Å². The first-order valence-corrected chi connectivity index (χ1v) is 11.0. The van der Waals surface area contributed by atoms with Crippen molar-refractivity contribution in [2.75, 3.05) is 13.7 Å². The fraction of sp³-hybridized carbons (Fsp3) is 0.667. The number of hydrogen-bond donors (Lipinski definition) is 0. The van der Waals surface area contributed by atoms with E-state index in [1.54, 1.807) is 13.3 Å². The van der Waals surface area contributed by atoms with Gasteiger partial charge in [-0.2, -0.15) is 0 Å². The Morgan fingerprint density at radius 2 is 2.04 bits per heavy atom. The summed E-state index contributed by atoms with van der Waals surface area (Å²) in [6.45, 7) is 5.83. The molecule has 4 heteroatoms. The first kappa shape index (κ1) is 18.2. The minimum absolute atomic E-state index is 0.0832. The minimum Gasteiger partial charge on any atom is -0.495 e. The molecule has 5 rings (SSSR count). The fourth-order valence-corrected chi connectivity index (χ4v) is 7.36. The van der Waals surface area contributed by atoms with Crippen molar-refractivity contribution in [1.29, 1.82) is 0 Å². The molecule has 2 aliphatic carbocycles. The van der Waals surface area contributed by atoms with Crippen molar-refractivity contribution in [1.82, 2.24) is 9.88 Å². The van der Waals surface area contributed by atoms with Crippen molar-refractivity contribution < 1.29 is 9.53 Å².